The van der Waals surface area contributed by atoms with Crippen LogP contribution in [0.5, 0.6) is 0 Å². The Hall–Kier alpha value is -1.79. The molecule has 0 bridgehead atoms. The van der Waals surface area contributed by atoms with Crippen molar-refractivity contribution in [1.29, 1.82) is 0 Å². The molecule has 2 heterocycles. The molecule has 1 aromatic carbocycles. The summed E-state index contributed by atoms with van der Waals surface area (Å²) in [5.74, 6) is 0.894. The predicted molar refractivity (Wildman–Crippen MR) is 90.5 cm³/mol. The molecule has 0 aliphatic rings. The highest BCUT2D eigenvalue weighted by Crippen LogP contribution is 2.31. The van der Waals surface area contributed by atoms with E-state index < -0.39 is 0 Å². The molecule has 0 amide bonds. The van der Waals surface area contributed by atoms with Crippen LogP contribution >= 0.6 is 31.9 Å². The molecule has 0 spiro atoms. The smallest absolute Gasteiger partial charge is 0.180 e. The van der Waals surface area contributed by atoms with Crippen LogP contribution in [0.15, 0.2) is 57.6 Å². The Bertz CT molecular complexity index is 774. The maximum atomic E-state index is 5.99. The summed E-state index contributed by atoms with van der Waals surface area (Å²) >= 11 is 6.82. The van der Waals surface area contributed by atoms with Gasteiger partial charge in [-0.15, -0.1) is 0 Å². The highest BCUT2D eigenvalue weighted by molar-refractivity contribution is 9.11. The first-order chi connectivity index (χ1) is 10.1. The highest BCUT2D eigenvalue weighted by atomic mass is 79.9. The van der Waals surface area contributed by atoms with Gasteiger partial charge < -0.3 is 5.73 Å². The fraction of sp³-hybridized carbons (Fsp3) is 0. The largest absolute Gasteiger partial charge is 0.383 e. The molecule has 0 fully saturated rings. The number of nitrogens with two attached hydrogens (primary N) is 1. The molecule has 6 heteroatoms. The molecule has 0 aliphatic carbocycles. The van der Waals surface area contributed by atoms with E-state index in [1.54, 1.807) is 6.20 Å². The van der Waals surface area contributed by atoms with Gasteiger partial charge in [-0.1, -0.05) is 30.3 Å². The minimum Gasteiger partial charge on any atom is -0.383 e. The van der Waals surface area contributed by atoms with Crippen LogP contribution in [0.4, 0.5) is 5.82 Å². The molecule has 3 rings (SSSR count). The molecule has 0 saturated heterocycles. The lowest BCUT2D eigenvalue weighted by atomic mass is 10.1. The maximum Gasteiger partial charge on any atom is 0.180 e. The van der Waals surface area contributed by atoms with Gasteiger partial charge in [0.15, 0.2) is 5.82 Å². The Balaban J connectivity index is 2.16. The van der Waals surface area contributed by atoms with E-state index in [4.69, 9.17) is 5.73 Å². The van der Waals surface area contributed by atoms with E-state index in [0.717, 1.165) is 15.7 Å². The van der Waals surface area contributed by atoms with Crippen LogP contribution in [-0.2, 0) is 0 Å². The van der Waals surface area contributed by atoms with Crippen molar-refractivity contribution in [3.05, 3.63) is 57.6 Å². The number of nitrogen functional groups attached to an aromatic ring is 1. The van der Waals surface area contributed by atoms with E-state index >= 15 is 0 Å². The maximum absolute atomic E-state index is 5.99. The molecule has 4 nitrogen and oxygen atoms in total. The van der Waals surface area contributed by atoms with Crippen LogP contribution in [0, 0.1) is 0 Å². The third kappa shape index (κ3) is 2.96. The number of benzene rings is 1. The van der Waals surface area contributed by atoms with Crippen molar-refractivity contribution in [2.75, 3.05) is 5.73 Å². The summed E-state index contributed by atoms with van der Waals surface area (Å²) in [6.45, 7) is 0. The lowest BCUT2D eigenvalue weighted by molar-refractivity contribution is 1.14. The van der Waals surface area contributed by atoms with Gasteiger partial charge in [0, 0.05) is 16.2 Å². The van der Waals surface area contributed by atoms with Crippen molar-refractivity contribution in [1.82, 2.24) is 15.0 Å². The number of rotatable bonds is 2. The molecule has 0 atom stereocenters. The van der Waals surface area contributed by atoms with Gasteiger partial charge >= 0.3 is 0 Å². The molecule has 0 saturated carbocycles. The van der Waals surface area contributed by atoms with Crippen LogP contribution in [0.1, 0.15) is 0 Å². The highest BCUT2D eigenvalue weighted by Gasteiger charge is 2.13. The molecule has 0 aliphatic heterocycles. The summed E-state index contributed by atoms with van der Waals surface area (Å²) in [6.07, 6.45) is 1.71. The Morgan fingerprint density at radius 2 is 1.67 bits per heavy atom. The lowest BCUT2D eigenvalue weighted by Crippen LogP contribution is -2.01. The molecular weight excluding hydrogens is 396 g/mol. The quantitative estimate of drug-likeness (QED) is 0.689. The van der Waals surface area contributed by atoms with Crippen molar-refractivity contribution in [2.45, 2.75) is 0 Å². The minimum absolute atomic E-state index is 0.392. The summed E-state index contributed by atoms with van der Waals surface area (Å²) < 4.78 is 1.59. The molecular formula is C15H10Br2N4. The van der Waals surface area contributed by atoms with Gasteiger partial charge in [-0.05, 0) is 44.0 Å². The molecule has 2 aromatic heterocycles. The topological polar surface area (TPSA) is 64.7 Å². The zero-order valence-electron chi connectivity index (χ0n) is 10.8. The fourth-order valence-corrected chi connectivity index (χ4v) is 2.52. The SMILES string of the molecule is Nc1nc(-c2ccc(Br)cn2)nc(-c2ccccc2)c1Br. The van der Waals surface area contributed by atoms with Crippen LogP contribution < -0.4 is 5.73 Å². The van der Waals surface area contributed by atoms with Crippen LogP contribution in [0.25, 0.3) is 22.8 Å². The second-order valence-corrected chi connectivity index (χ2v) is 6.03. The fourth-order valence-electron chi connectivity index (χ4n) is 1.87. The molecule has 21 heavy (non-hydrogen) atoms. The molecule has 0 radical (unpaired) electrons. The lowest BCUT2D eigenvalue weighted by Gasteiger charge is -2.09. The van der Waals surface area contributed by atoms with E-state index in [9.17, 15) is 0 Å². The zero-order valence-corrected chi connectivity index (χ0v) is 14.0. The Kier molecular flexibility index (Phi) is 3.98. The second kappa shape index (κ2) is 5.91. The number of hydrogen-bond donors (Lipinski definition) is 1. The van der Waals surface area contributed by atoms with E-state index in [1.165, 1.54) is 0 Å². The average molecular weight is 406 g/mol. The molecule has 0 unspecified atom stereocenters. The van der Waals surface area contributed by atoms with Gasteiger partial charge in [-0.25, -0.2) is 9.97 Å². The third-order valence-electron chi connectivity index (χ3n) is 2.88. The number of anilines is 1. The Morgan fingerprint density at radius 3 is 2.33 bits per heavy atom. The van der Waals surface area contributed by atoms with Gasteiger partial charge in [-0.2, -0.15) is 0 Å². The van der Waals surface area contributed by atoms with Gasteiger partial charge in [0.05, 0.1) is 10.2 Å². The van der Waals surface area contributed by atoms with E-state index in [-0.39, 0.29) is 0 Å². The summed E-state index contributed by atoms with van der Waals surface area (Å²) in [5.41, 5.74) is 8.39. The predicted octanol–water partition coefficient (Wildman–Crippen LogP) is 4.31. The molecule has 2 N–H and O–H groups in total. The van der Waals surface area contributed by atoms with Crippen molar-refractivity contribution in [3.8, 4) is 22.8 Å². The number of aromatic nitrogens is 3. The van der Waals surface area contributed by atoms with Gasteiger partial charge in [0.25, 0.3) is 0 Å². The molecule has 104 valence electrons. The summed E-state index contributed by atoms with van der Waals surface area (Å²) in [4.78, 5) is 13.2. The number of hydrogen-bond acceptors (Lipinski definition) is 4. The third-order valence-corrected chi connectivity index (χ3v) is 4.13. The Morgan fingerprint density at radius 1 is 0.905 bits per heavy atom. The van der Waals surface area contributed by atoms with Crippen molar-refractivity contribution in [3.63, 3.8) is 0 Å². The number of nitrogens with zero attached hydrogens (tertiary/aromatic N) is 3. The van der Waals surface area contributed by atoms with Crippen LogP contribution in [0.2, 0.25) is 0 Å². The average Bonchev–Trinajstić information content (AvgIpc) is 2.51. The van der Waals surface area contributed by atoms with Crippen LogP contribution in [0.3, 0.4) is 0 Å². The van der Waals surface area contributed by atoms with Crippen molar-refractivity contribution < 1.29 is 0 Å². The summed E-state index contributed by atoms with van der Waals surface area (Å²) in [6, 6.07) is 13.6. The van der Waals surface area contributed by atoms with Crippen molar-refractivity contribution >= 4 is 37.7 Å². The first-order valence-corrected chi connectivity index (χ1v) is 7.74. The standard InChI is InChI=1S/C15H10Br2N4/c16-10-6-7-11(19-8-10)15-20-13(12(17)14(18)21-15)9-4-2-1-3-5-9/h1-8H,(H2,18,20,21). The summed E-state index contributed by atoms with van der Waals surface area (Å²) in [7, 11) is 0. The normalized spacial score (nSPS) is 10.6. The first-order valence-electron chi connectivity index (χ1n) is 6.15. The second-order valence-electron chi connectivity index (χ2n) is 4.32. The minimum atomic E-state index is 0.392. The number of halogens is 2. The van der Waals surface area contributed by atoms with Gasteiger partial charge in [0.2, 0.25) is 0 Å². The monoisotopic (exact) mass is 404 g/mol. The van der Waals surface area contributed by atoms with E-state index in [1.807, 2.05) is 42.5 Å². The van der Waals surface area contributed by atoms with Crippen molar-refractivity contribution in [2.24, 2.45) is 0 Å². The van der Waals surface area contributed by atoms with E-state index in [2.05, 4.69) is 46.8 Å². The number of pyridine rings is 1. The van der Waals surface area contributed by atoms with Crippen LogP contribution in [-0.4, -0.2) is 15.0 Å². The molecule has 3 aromatic rings. The van der Waals surface area contributed by atoms with Gasteiger partial charge in [-0.3, -0.25) is 4.98 Å². The summed E-state index contributed by atoms with van der Waals surface area (Å²) in [5, 5.41) is 0. The zero-order chi connectivity index (χ0) is 14.8. The Labute approximate surface area is 138 Å². The van der Waals surface area contributed by atoms with Gasteiger partial charge in [0.1, 0.15) is 11.5 Å². The van der Waals surface area contributed by atoms with E-state index in [0.29, 0.717) is 21.8 Å². The first kappa shape index (κ1) is 14.2.